The molecule has 0 saturated carbocycles. The Labute approximate surface area is 117 Å². The minimum atomic E-state index is -0.741. The van der Waals surface area contributed by atoms with Crippen molar-refractivity contribution in [1.82, 2.24) is 4.90 Å². The number of benzene rings is 1. The molecule has 0 bridgehead atoms. The van der Waals surface area contributed by atoms with Gasteiger partial charge in [-0.15, -0.1) is 11.3 Å². The van der Waals surface area contributed by atoms with Crippen LogP contribution in [0.1, 0.15) is 29.9 Å². The van der Waals surface area contributed by atoms with E-state index in [9.17, 15) is 9.90 Å². The molecule has 2 rings (SSSR count). The van der Waals surface area contributed by atoms with Crippen LogP contribution in [-0.4, -0.2) is 35.1 Å². The standard InChI is InChI=1S/C15H19NO2S/c1-15(2,18)8-9-16(3)14(17)13-10-11-6-4-5-7-12(11)19-13/h4-7,10,18H,8-9H2,1-3H3. The summed E-state index contributed by atoms with van der Waals surface area (Å²) in [5.74, 6) is 0.0189. The zero-order valence-corrected chi connectivity index (χ0v) is 12.3. The first-order valence-corrected chi connectivity index (χ1v) is 7.15. The zero-order chi connectivity index (χ0) is 14.0. The molecule has 0 saturated heterocycles. The second-order valence-corrected chi connectivity index (χ2v) is 6.52. The molecule has 0 fully saturated rings. The third-order valence-electron chi connectivity index (χ3n) is 3.04. The molecule has 0 aliphatic carbocycles. The Morgan fingerprint density at radius 3 is 2.68 bits per heavy atom. The lowest BCUT2D eigenvalue weighted by Crippen LogP contribution is -2.32. The molecule has 1 aromatic carbocycles. The smallest absolute Gasteiger partial charge is 0.263 e. The highest BCUT2D eigenvalue weighted by atomic mass is 32.1. The van der Waals surface area contributed by atoms with E-state index < -0.39 is 5.60 Å². The maximum Gasteiger partial charge on any atom is 0.263 e. The van der Waals surface area contributed by atoms with Gasteiger partial charge in [-0.25, -0.2) is 0 Å². The van der Waals surface area contributed by atoms with E-state index in [4.69, 9.17) is 0 Å². The topological polar surface area (TPSA) is 40.5 Å². The van der Waals surface area contributed by atoms with E-state index in [1.54, 1.807) is 25.8 Å². The molecule has 4 heteroatoms. The van der Waals surface area contributed by atoms with Gasteiger partial charge < -0.3 is 10.0 Å². The predicted molar refractivity (Wildman–Crippen MR) is 79.7 cm³/mol. The fourth-order valence-corrected chi connectivity index (χ4v) is 2.88. The van der Waals surface area contributed by atoms with Gasteiger partial charge in [0.15, 0.2) is 0 Å². The Morgan fingerprint density at radius 2 is 2.05 bits per heavy atom. The molecule has 1 aromatic heterocycles. The van der Waals surface area contributed by atoms with E-state index in [2.05, 4.69) is 0 Å². The first-order chi connectivity index (χ1) is 8.87. The molecule has 2 aromatic rings. The van der Waals surface area contributed by atoms with Gasteiger partial charge in [0.1, 0.15) is 0 Å². The molecule has 0 aliphatic heterocycles. The average Bonchev–Trinajstić information content (AvgIpc) is 2.77. The van der Waals surface area contributed by atoms with Crippen molar-refractivity contribution in [2.45, 2.75) is 25.9 Å². The number of hydrogen-bond acceptors (Lipinski definition) is 3. The van der Waals surface area contributed by atoms with Crippen molar-refractivity contribution in [3.63, 3.8) is 0 Å². The van der Waals surface area contributed by atoms with E-state index in [1.807, 2.05) is 30.3 Å². The monoisotopic (exact) mass is 277 g/mol. The first kappa shape index (κ1) is 14.0. The highest BCUT2D eigenvalue weighted by molar-refractivity contribution is 7.20. The molecule has 19 heavy (non-hydrogen) atoms. The van der Waals surface area contributed by atoms with Crippen LogP contribution < -0.4 is 0 Å². The summed E-state index contributed by atoms with van der Waals surface area (Å²) in [5.41, 5.74) is -0.741. The van der Waals surface area contributed by atoms with Gasteiger partial charge in [-0.3, -0.25) is 4.79 Å². The van der Waals surface area contributed by atoms with Crippen molar-refractivity contribution >= 4 is 27.3 Å². The second kappa shape index (κ2) is 5.31. The van der Waals surface area contributed by atoms with Crippen LogP contribution in [0.15, 0.2) is 30.3 Å². The maximum atomic E-state index is 12.3. The number of hydrogen-bond donors (Lipinski definition) is 1. The van der Waals surface area contributed by atoms with Crippen LogP contribution in [0.5, 0.6) is 0 Å². The number of nitrogens with zero attached hydrogens (tertiary/aromatic N) is 1. The van der Waals surface area contributed by atoms with E-state index in [-0.39, 0.29) is 5.91 Å². The van der Waals surface area contributed by atoms with Gasteiger partial charge in [-0.2, -0.15) is 0 Å². The Hall–Kier alpha value is -1.39. The van der Waals surface area contributed by atoms with Crippen LogP contribution in [0.4, 0.5) is 0 Å². The SMILES string of the molecule is CN(CCC(C)(C)O)C(=O)c1cc2ccccc2s1. The quantitative estimate of drug-likeness (QED) is 0.932. The summed E-state index contributed by atoms with van der Waals surface area (Å²) in [5, 5.41) is 10.8. The molecule has 0 unspecified atom stereocenters. The molecule has 0 radical (unpaired) electrons. The lowest BCUT2D eigenvalue weighted by Gasteiger charge is -2.22. The number of thiophene rings is 1. The molecule has 1 amide bonds. The Kier molecular flexibility index (Phi) is 3.92. The van der Waals surface area contributed by atoms with Gasteiger partial charge in [0, 0.05) is 18.3 Å². The lowest BCUT2D eigenvalue weighted by molar-refractivity contribution is 0.0546. The second-order valence-electron chi connectivity index (χ2n) is 5.44. The van der Waals surface area contributed by atoms with Gasteiger partial charge in [-0.1, -0.05) is 18.2 Å². The van der Waals surface area contributed by atoms with E-state index in [0.717, 1.165) is 15.0 Å². The van der Waals surface area contributed by atoms with Crippen LogP contribution in [0, 0.1) is 0 Å². The summed E-state index contributed by atoms with van der Waals surface area (Å²) < 4.78 is 1.13. The fraction of sp³-hybridized carbons (Fsp3) is 0.400. The molecular formula is C15H19NO2S. The van der Waals surface area contributed by atoms with Crippen LogP contribution >= 0.6 is 11.3 Å². The van der Waals surface area contributed by atoms with Crippen molar-refractivity contribution in [1.29, 1.82) is 0 Å². The Morgan fingerprint density at radius 1 is 1.37 bits per heavy atom. The molecule has 0 aliphatic rings. The van der Waals surface area contributed by atoms with Gasteiger partial charge in [0.05, 0.1) is 10.5 Å². The molecule has 1 heterocycles. The van der Waals surface area contributed by atoms with E-state index in [1.165, 1.54) is 11.3 Å². The van der Waals surface area contributed by atoms with Crippen LogP contribution in [0.25, 0.3) is 10.1 Å². The lowest BCUT2D eigenvalue weighted by atomic mass is 10.1. The summed E-state index contributed by atoms with van der Waals surface area (Å²) in [6, 6.07) is 9.92. The van der Waals surface area contributed by atoms with E-state index >= 15 is 0 Å². The van der Waals surface area contributed by atoms with Crippen molar-refractivity contribution in [2.75, 3.05) is 13.6 Å². The Balaban J connectivity index is 2.10. The van der Waals surface area contributed by atoms with Crippen molar-refractivity contribution in [2.24, 2.45) is 0 Å². The first-order valence-electron chi connectivity index (χ1n) is 6.33. The highest BCUT2D eigenvalue weighted by Gasteiger charge is 2.18. The number of carbonyl (C=O) groups excluding carboxylic acids is 1. The largest absolute Gasteiger partial charge is 0.390 e. The fourth-order valence-electron chi connectivity index (χ4n) is 1.82. The minimum absolute atomic E-state index is 0.0189. The Bertz CT molecular complexity index is 550. The maximum absolute atomic E-state index is 12.3. The van der Waals surface area contributed by atoms with Gasteiger partial charge >= 0.3 is 0 Å². The van der Waals surface area contributed by atoms with Gasteiger partial charge in [-0.05, 0) is 37.8 Å². The third kappa shape index (κ3) is 3.55. The summed E-state index contributed by atoms with van der Waals surface area (Å²) in [6.45, 7) is 4.06. The van der Waals surface area contributed by atoms with Gasteiger partial charge in [0.2, 0.25) is 0 Å². The normalized spacial score (nSPS) is 11.8. The minimum Gasteiger partial charge on any atom is -0.390 e. The van der Waals surface area contributed by atoms with Crippen LogP contribution in [0.2, 0.25) is 0 Å². The molecule has 0 spiro atoms. The van der Waals surface area contributed by atoms with Crippen molar-refractivity contribution in [3.05, 3.63) is 35.2 Å². The molecule has 102 valence electrons. The molecular weight excluding hydrogens is 258 g/mol. The molecule has 1 N–H and O–H groups in total. The van der Waals surface area contributed by atoms with Crippen LogP contribution in [0.3, 0.4) is 0 Å². The van der Waals surface area contributed by atoms with Crippen molar-refractivity contribution < 1.29 is 9.90 Å². The average molecular weight is 277 g/mol. The summed E-state index contributed by atoms with van der Waals surface area (Å²) in [4.78, 5) is 14.7. The number of aliphatic hydroxyl groups is 1. The molecule has 3 nitrogen and oxygen atoms in total. The summed E-state index contributed by atoms with van der Waals surface area (Å²) >= 11 is 1.51. The van der Waals surface area contributed by atoms with E-state index in [0.29, 0.717) is 13.0 Å². The number of amides is 1. The summed E-state index contributed by atoms with van der Waals surface area (Å²) in [6.07, 6.45) is 0.570. The third-order valence-corrected chi connectivity index (χ3v) is 4.15. The predicted octanol–water partition coefficient (Wildman–Crippen LogP) is 3.13. The number of fused-ring (bicyclic) bond motifs is 1. The highest BCUT2D eigenvalue weighted by Crippen LogP contribution is 2.26. The van der Waals surface area contributed by atoms with Crippen molar-refractivity contribution in [3.8, 4) is 0 Å². The summed E-state index contributed by atoms with van der Waals surface area (Å²) in [7, 11) is 1.78. The van der Waals surface area contributed by atoms with Crippen LogP contribution in [-0.2, 0) is 0 Å². The number of rotatable bonds is 4. The zero-order valence-electron chi connectivity index (χ0n) is 11.5. The number of carbonyl (C=O) groups is 1. The van der Waals surface area contributed by atoms with Gasteiger partial charge in [0.25, 0.3) is 5.91 Å². The molecule has 0 atom stereocenters.